The molecule has 0 aliphatic carbocycles. The van der Waals surface area contributed by atoms with E-state index in [-0.39, 0.29) is 12.3 Å². The minimum absolute atomic E-state index is 0.00433. The van der Waals surface area contributed by atoms with Crippen LogP contribution >= 0.6 is 0 Å². The van der Waals surface area contributed by atoms with Gasteiger partial charge in [0, 0.05) is 24.5 Å². The predicted octanol–water partition coefficient (Wildman–Crippen LogP) is 1.71. The Morgan fingerprint density at radius 2 is 2.40 bits per heavy atom. The molecule has 2 N–H and O–H groups in total. The molecule has 0 fully saturated rings. The van der Waals surface area contributed by atoms with E-state index in [0.717, 1.165) is 0 Å². The van der Waals surface area contributed by atoms with Crippen molar-refractivity contribution in [3.63, 3.8) is 0 Å². The molecule has 6 heteroatoms. The summed E-state index contributed by atoms with van der Waals surface area (Å²) < 4.78 is 6.92. The largest absolute Gasteiger partial charge is 0.456 e. The number of esters is 1. The number of rotatable bonds is 4. The van der Waals surface area contributed by atoms with Gasteiger partial charge >= 0.3 is 5.97 Å². The molecule has 0 radical (unpaired) electrons. The van der Waals surface area contributed by atoms with Gasteiger partial charge in [-0.2, -0.15) is 5.26 Å². The highest BCUT2D eigenvalue weighted by Gasteiger charge is 2.14. The Hall–Kier alpha value is -2.81. The van der Waals surface area contributed by atoms with Crippen LogP contribution in [0.25, 0.3) is 0 Å². The fourth-order valence-electron chi connectivity index (χ4n) is 1.84. The van der Waals surface area contributed by atoms with Crippen molar-refractivity contribution in [3.05, 3.63) is 47.5 Å². The lowest BCUT2D eigenvalue weighted by Gasteiger charge is -2.07. The first-order valence-corrected chi connectivity index (χ1v) is 6.12. The molecule has 102 valence electrons. The van der Waals surface area contributed by atoms with Gasteiger partial charge in [0.1, 0.15) is 24.1 Å². The molecular weight excluding hydrogens is 256 g/mol. The number of carbonyl (C=O) groups excluding carboxylic acids is 1. The number of anilines is 1. The zero-order valence-corrected chi connectivity index (χ0v) is 11.0. The van der Waals surface area contributed by atoms with Gasteiger partial charge in [0.25, 0.3) is 0 Å². The van der Waals surface area contributed by atoms with Crippen LogP contribution in [0.1, 0.15) is 28.7 Å². The van der Waals surface area contributed by atoms with E-state index >= 15 is 0 Å². The normalized spacial score (nSPS) is 10.0. The van der Waals surface area contributed by atoms with Gasteiger partial charge in [0.2, 0.25) is 0 Å². The molecule has 0 atom stereocenters. The molecule has 2 aromatic heterocycles. The Morgan fingerprint density at radius 3 is 3.10 bits per heavy atom. The van der Waals surface area contributed by atoms with E-state index in [1.54, 1.807) is 29.0 Å². The van der Waals surface area contributed by atoms with E-state index in [9.17, 15) is 4.79 Å². The van der Waals surface area contributed by atoms with Crippen molar-refractivity contribution in [1.82, 2.24) is 9.55 Å². The maximum absolute atomic E-state index is 12.0. The van der Waals surface area contributed by atoms with Gasteiger partial charge in [0.15, 0.2) is 0 Å². The third-order valence-corrected chi connectivity index (χ3v) is 2.82. The summed E-state index contributed by atoms with van der Waals surface area (Å²) >= 11 is 0. The van der Waals surface area contributed by atoms with Crippen molar-refractivity contribution < 1.29 is 9.53 Å². The van der Waals surface area contributed by atoms with Crippen LogP contribution in [0, 0.1) is 11.3 Å². The number of pyridine rings is 1. The lowest BCUT2D eigenvalue weighted by atomic mass is 10.2. The van der Waals surface area contributed by atoms with Crippen molar-refractivity contribution >= 4 is 11.7 Å². The van der Waals surface area contributed by atoms with E-state index in [0.29, 0.717) is 23.5 Å². The fourth-order valence-corrected chi connectivity index (χ4v) is 1.84. The third kappa shape index (κ3) is 2.78. The summed E-state index contributed by atoms with van der Waals surface area (Å²) in [7, 11) is 0. The number of aryl methyl sites for hydroxylation is 1. The quantitative estimate of drug-likeness (QED) is 0.853. The Bertz CT molecular complexity index is 670. The van der Waals surface area contributed by atoms with E-state index in [1.165, 1.54) is 6.20 Å². The summed E-state index contributed by atoms with van der Waals surface area (Å²) in [5.41, 5.74) is 7.40. The minimum atomic E-state index is -0.476. The van der Waals surface area contributed by atoms with Crippen LogP contribution in [0.2, 0.25) is 0 Å². The number of aromatic nitrogens is 2. The molecule has 0 unspecified atom stereocenters. The molecule has 0 amide bonds. The Balaban J connectivity index is 2.11. The standard InChI is InChI=1S/C14H14N4O2/c1-2-18-8-11(16)6-13(18)14(19)20-9-10-4-3-5-17-12(10)7-15/h3-6,8H,2,9,16H2,1H3. The van der Waals surface area contributed by atoms with Crippen LogP contribution < -0.4 is 5.73 Å². The number of nitrogens with zero attached hydrogens (tertiary/aromatic N) is 3. The smallest absolute Gasteiger partial charge is 0.355 e. The summed E-state index contributed by atoms with van der Waals surface area (Å²) in [6.45, 7) is 2.54. The van der Waals surface area contributed by atoms with Crippen molar-refractivity contribution in [2.45, 2.75) is 20.1 Å². The van der Waals surface area contributed by atoms with Crippen LogP contribution in [-0.2, 0) is 17.9 Å². The second kappa shape index (κ2) is 5.89. The molecule has 0 aromatic carbocycles. The van der Waals surface area contributed by atoms with Gasteiger partial charge in [0.05, 0.1) is 5.69 Å². The van der Waals surface area contributed by atoms with Crippen LogP contribution in [0.4, 0.5) is 5.69 Å². The summed E-state index contributed by atoms with van der Waals surface area (Å²) in [4.78, 5) is 15.9. The summed E-state index contributed by atoms with van der Waals surface area (Å²) in [5, 5.41) is 8.91. The highest BCUT2D eigenvalue weighted by atomic mass is 16.5. The molecule has 0 spiro atoms. The second-order valence-electron chi connectivity index (χ2n) is 4.14. The molecule has 0 bridgehead atoms. The highest BCUT2D eigenvalue weighted by Crippen LogP contribution is 2.13. The number of nitrogen functional groups attached to an aromatic ring is 1. The fraction of sp³-hybridized carbons (Fsp3) is 0.214. The van der Waals surface area contributed by atoms with Crippen molar-refractivity contribution in [1.29, 1.82) is 5.26 Å². The number of hydrogen-bond acceptors (Lipinski definition) is 5. The average Bonchev–Trinajstić information content (AvgIpc) is 2.86. The summed E-state index contributed by atoms with van der Waals surface area (Å²) in [6, 6.07) is 6.92. The molecular formula is C14H14N4O2. The minimum Gasteiger partial charge on any atom is -0.456 e. The van der Waals surface area contributed by atoms with Gasteiger partial charge in [-0.1, -0.05) is 6.07 Å². The lowest BCUT2D eigenvalue weighted by Crippen LogP contribution is -2.11. The number of carbonyl (C=O) groups is 1. The Kier molecular flexibility index (Phi) is 4.01. The number of nitriles is 1. The monoisotopic (exact) mass is 270 g/mol. The van der Waals surface area contributed by atoms with E-state index in [4.69, 9.17) is 15.7 Å². The van der Waals surface area contributed by atoms with Crippen LogP contribution in [0.5, 0.6) is 0 Å². The second-order valence-corrected chi connectivity index (χ2v) is 4.14. The van der Waals surface area contributed by atoms with Crippen molar-refractivity contribution in [2.24, 2.45) is 0 Å². The maximum atomic E-state index is 12.0. The summed E-state index contributed by atoms with van der Waals surface area (Å²) in [6.07, 6.45) is 3.20. The third-order valence-electron chi connectivity index (χ3n) is 2.82. The topological polar surface area (TPSA) is 93.9 Å². The number of ether oxygens (including phenoxy) is 1. The first-order chi connectivity index (χ1) is 9.65. The van der Waals surface area contributed by atoms with Crippen molar-refractivity contribution in [3.8, 4) is 6.07 Å². The molecule has 2 rings (SSSR count). The SMILES string of the molecule is CCn1cc(N)cc1C(=O)OCc1cccnc1C#N. The highest BCUT2D eigenvalue weighted by molar-refractivity contribution is 5.89. The molecule has 20 heavy (non-hydrogen) atoms. The first kappa shape index (κ1) is 13.6. The van der Waals surface area contributed by atoms with Crippen LogP contribution in [0.3, 0.4) is 0 Å². The molecule has 6 nitrogen and oxygen atoms in total. The predicted molar refractivity (Wildman–Crippen MR) is 72.6 cm³/mol. The van der Waals surface area contributed by atoms with Gasteiger partial charge in [-0.25, -0.2) is 9.78 Å². The van der Waals surface area contributed by atoms with E-state index in [2.05, 4.69) is 4.98 Å². The summed E-state index contributed by atoms with van der Waals surface area (Å²) in [5.74, 6) is -0.476. The van der Waals surface area contributed by atoms with Gasteiger partial charge in [-0.05, 0) is 19.1 Å². The Morgan fingerprint density at radius 1 is 1.60 bits per heavy atom. The Labute approximate surface area is 116 Å². The lowest BCUT2D eigenvalue weighted by molar-refractivity contribution is 0.0459. The number of hydrogen-bond donors (Lipinski definition) is 1. The first-order valence-electron chi connectivity index (χ1n) is 6.12. The molecule has 0 aliphatic rings. The molecule has 2 aromatic rings. The molecule has 0 aliphatic heterocycles. The average molecular weight is 270 g/mol. The molecule has 0 saturated carbocycles. The van der Waals surface area contributed by atoms with Crippen LogP contribution in [0.15, 0.2) is 30.6 Å². The van der Waals surface area contributed by atoms with Crippen LogP contribution in [-0.4, -0.2) is 15.5 Å². The zero-order chi connectivity index (χ0) is 14.5. The molecule has 2 heterocycles. The van der Waals surface area contributed by atoms with Gasteiger partial charge < -0.3 is 15.0 Å². The van der Waals surface area contributed by atoms with E-state index in [1.807, 2.05) is 13.0 Å². The van der Waals surface area contributed by atoms with Gasteiger partial charge in [-0.15, -0.1) is 0 Å². The van der Waals surface area contributed by atoms with E-state index < -0.39 is 5.97 Å². The zero-order valence-electron chi connectivity index (χ0n) is 11.0. The van der Waals surface area contributed by atoms with Crippen molar-refractivity contribution in [2.75, 3.05) is 5.73 Å². The maximum Gasteiger partial charge on any atom is 0.355 e. The van der Waals surface area contributed by atoms with Gasteiger partial charge in [-0.3, -0.25) is 0 Å². The number of nitrogens with two attached hydrogens (primary N) is 1. The molecule has 0 saturated heterocycles.